The number of ether oxygens (including phenoxy) is 1. The molecule has 0 spiro atoms. The van der Waals surface area contributed by atoms with Crippen LogP contribution in [0.2, 0.25) is 0 Å². The maximum atomic E-state index is 12.9. The summed E-state index contributed by atoms with van der Waals surface area (Å²) in [5.74, 6) is 0.685. The van der Waals surface area contributed by atoms with Gasteiger partial charge in [-0.25, -0.2) is 4.98 Å². The molecule has 1 aromatic heterocycles. The molecule has 1 fully saturated rings. The van der Waals surface area contributed by atoms with Gasteiger partial charge in [0.2, 0.25) is 0 Å². The molecule has 0 unspecified atom stereocenters. The highest BCUT2D eigenvalue weighted by atomic mass is 16.6. The second kappa shape index (κ2) is 7.71. The van der Waals surface area contributed by atoms with E-state index in [1.165, 1.54) is 18.6 Å². The Morgan fingerprint density at radius 3 is 2.72 bits per heavy atom. The summed E-state index contributed by atoms with van der Waals surface area (Å²) in [7, 11) is 1.58. The van der Waals surface area contributed by atoms with E-state index < -0.39 is 4.92 Å². The molecule has 2 aromatic rings. The summed E-state index contributed by atoms with van der Waals surface area (Å²) in [5, 5.41) is 11.3. The van der Waals surface area contributed by atoms with Crippen LogP contribution in [-0.2, 0) is 17.8 Å². The van der Waals surface area contributed by atoms with Gasteiger partial charge in [0.25, 0.3) is 11.2 Å². The standard InChI is InChI=1S/C17H22N4O4/c1-25-10-9-20-16(12-19-7-3-2-4-8-19)18-15-6-5-13(21(23)24)11-14(15)17(20)22/h5-6,11H,2-4,7-10,12H2,1H3. The Morgan fingerprint density at radius 1 is 1.28 bits per heavy atom. The van der Waals surface area contributed by atoms with Crippen LogP contribution >= 0.6 is 0 Å². The number of benzene rings is 1. The van der Waals surface area contributed by atoms with Gasteiger partial charge in [-0.15, -0.1) is 0 Å². The first-order valence-electron chi connectivity index (χ1n) is 8.49. The predicted octanol–water partition coefficient (Wildman–Crippen LogP) is 1.94. The molecule has 0 N–H and O–H groups in total. The summed E-state index contributed by atoms with van der Waals surface area (Å²) in [6, 6.07) is 4.24. The van der Waals surface area contributed by atoms with E-state index in [-0.39, 0.29) is 16.6 Å². The average molecular weight is 346 g/mol. The molecule has 1 aliphatic heterocycles. The maximum absolute atomic E-state index is 12.9. The smallest absolute Gasteiger partial charge is 0.270 e. The second-order valence-corrected chi connectivity index (χ2v) is 6.27. The molecule has 1 aliphatic rings. The highest BCUT2D eigenvalue weighted by molar-refractivity contribution is 5.80. The molecule has 0 aliphatic carbocycles. The van der Waals surface area contributed by atoms with Crippen molar-refractivity contribution >= 4 is 16.6 Å². The van der Waals surface area contributed by atoms with Gasteiger partial charge in [0.1, 0.15) is 5.82 Å². The lowest BCUT2D eigenvalue weighted by Gasteiger charge is -2.27. The zero-order valence-corrected chi connectivity index (χ0v) is 14.3. The van der Waals surface area contributed by atoms with Gasteiger partial charge in [0.15, 0.2) is 0 Å². The van der Waals surface area contributed by atoms with E-state index in [9.17, 15) is 14.9 Å². The molecule has 2 heterocycles. The number of nitro groups is 1. The maximum Gasteiger partial charge on any atom is 0.270 e. The summed E-state index contributed by atoms with van der Waals surface area (Å²) in [6.45, 7) is 3.36. The molecular weight excluding hydrogens is 324 g/mol. The van der Waals surface area contributed by atoms with Crippen LogP contribution < -0.4 is 5.56 Å². The van der Waals surface area contributed by atoms with Gasteiger partial charge in [-0.2, -0.15) is 0 Å². The molecule has 0 atom stereocenters. The first-order valence-corrected chi connectivity index (χ1v) is 8.49. The lowest BCUT2D eigenvalue weighted by molar-refractivity contribution is -0.384. The van der Waals surface area contributed by atoms with Crippen molar-refractivity contribution in [2.75, 3.05) is 26.8 Å². The van der Waals surface area contributed by atoms with Gasteiger partial charge in [-0.3, -0.25) is 24.4 Å². The largest absolute Gasteiger partial charge is 0.383 e. The third kappa shape index (κ3) is 3.85. The Morgan fingerprint density at radius 2 is 2.04 bits per heavy atom. The van der Waals surface area contributed by atoms with Crippen LogP contribution in [0.15, 0.2) is 23.0 Å². The van der Waals surface area contributed by atoms with Crippen LogP contribution in [-0.4, -0.2) is 46.2 Å². The molecule has 0 bridgehead atoms. The van der Waals surface area contributed by atoms with E-state index in [1.54, 1.807) is 17.7 Å². The van der Waals surface area contributed by atoms with Crippen LogP contribution in [0, 0.1) is 10.1 Å². The Hall–Kier alpha value is -2.32. The van der Waals surface area contributed by atoms with Crippen molar-refractivity contribution in [1.29, 1.82) is 0 Å². The molecule has 0 amide bonds. The molecule has 8 nitrogen and oxygen atoms in total. The molecule has 1 saturated heterocycles. The molecule has 25 heavy (non-hydrogen) atoms. The predicted molar refractivity (Wildman–Crippen MR) is 93.7 cm³/mol. The van der Waals surface area contributed by atoms with Crippen LogP contribution in [0.25, 0.3) is 10.9 Å². The number of nitro benzene ring substituents is 1. The summed E-state index contributed by atoms with van der Waals surface area (Å²) in [5.41, 5.74) is 0.141. The quantitative estimate of drug-likeness (QED) is 0.586. The number of aromatic nitrogens is 2. The Kier molecular flexibility index (Phi) is 5.40. The average Bonchev–Trinajstić information content (AvgIpc) is 2.62. The second-order valence-electron chi connectivity index (χ2n) is 6.27. The SMILES string of the molecule is COCCn1c(CN2CCCCC2)nc2ccc([N+](=O)[O-])cc2c1=O. The minimum absolute atomic E-state index is 0.103. The van der Waals surface area contributed by atoms with E-state index in [0.717, 1.165) is 25.9 Å². The molecule has 1 aromatic carbocycles. The molecule has 0 saturated carbocycles. The summed E-state index contributed by atoms with van der Waals surface area (Å²) in [4.78, 5) is 30.3. The van der Waals surface area contributed by atoms with Gasteiger partial charge < -0.3 is 4.74 Å². The fraction of sp³-hybridized carbons (Fsp3) is 0.529. The number of fused-ring (bicyclic) bond motifs is 1. The fourth-order valence-corrected chi connectivity index (χ4v) is 3.22. The summed E-state index contributed by atoms with van der Waals surface area (Å²) >= 11 is 0. The summed E-state index contributed by atoms with van der Waals surface area (Å²) in [6.07, 6.45) is 3.55. The highest BCUT2D eigenvalue weighted by Crippen LogP contribution is 2.18. The van der Waals surface area contributed by atoms with Crippen LogP contribution in [0.5, 0.6) is 0 Å². The number of hydrogen-bond donors (Lipinski definition) is 0. The fourth-order valence-electron chi connectivity index (χ4n) is 3.22. The number of hydrogen-bond acceptors (Lipinski definition) is 6. The molecule has 0 radical (unpaired) electrons. The van der Waals surface area contributed by atoms with Crippen molar-refractivity contribution in [2.24, 2.45) is 0 Å². The minimum Gasteiger partial charge on any atom is -0.383 e. The minimum atomic E-state index is -0.500. The molecule has 3 rings (SSSR count). The monoisotopic (exact) mass is 346 g/mol. The lowest BCUT2D eigenvalue weighted by atomic mass is 10.1. The van der Waals surface area contributed by atoms with Crippen LogP contribution in [0.1, 0.15) is 25.1 Å². The number of nitrogens with zero attached hydrogens (tertiary/aromatic N) is 4. The van der Waals surface area contributed by atoms with Crippen LogP contribution in [0.3, 0.4) is 0 Å². The Bertz CT molecular complexity index is 827. The molecule has 134 valence electrons. The van der Waals surface area contributed by atoms with E-state index in [4.69, 9.17) is 4.74 Å². The van der Waals surface area contributed by atoms with E-state index >= 15 is 0 Å². The van der Waals surface area contributed by atoms with E-state index in [2.05, 4.69) is 9.88 Å². The first kappa shape index (κ1) is 17.5. The van der Waals surface area contributed by atoms with Gasteiger partial charge in [0, 0.05) is 19.2 Å². The number of likely N-dealkylation sites (tertiary alicyclic amines) is 1. The third-order valence-corrected chi connectivity index (χ3v) is 4.56. The number of non-ortho nitro benzene ring substituents is 1. The number of methoxy groups -OCH3 is 1. The highest BCUT2D eigenvalue weighted by Gasteiger charge is 2.18. The molecular formula is C17H22N4O4. The normalized spacial score (nSPS) is 15.6. The van der Waals surface area contributed by atoms with Crippen LogP contribution in [0.4, 0.5) is 5.69 Å². The topological polar surface area (TPSA) is 90.5 Å². The summed E-state index contributed by atoms with van der Waals surface area (Å²) < 4.78 is 6.70. The Balaban J connectivity index is 2.05. The zero-order valence-electron chi connectivity index (χ0n) is 14.3. The van der Waals surface area contributed by atoms with Crippen molar-refractivity contribution in [3.63, 3.8) is 0 Å². The number of rotatable bonds is 6. The van der Waals surface area contributed by atoms with E-state index in [0.29, 0.717) is 31.0 Å². The van der Waals surface area contributed by atoms with Gasteiger partial charge in [-0.05, 0) is 32.0 Å². The zero-order chi connectivity index (χ0) is 17.8. The van der Waals surface area contributed by atoms with Crippen molar-refractivity contribution in [3.05, 3.63) is 44.5 Å². The van der Waals surface area contributed by atoms with Crippen molar-refractivity contribution in [3.8, 4) is 0 Å². The first-order chi connectivity index (χ1) is 12.1. The van der Waals surface area contributed by atoms with Gasteiger partial charge in [0.05, 0.1) is 35.5 Å². The van der Waals surface area contributed by atoms with Crippen molar-refractivity contribution < 1.29 is 9.66 Å². The van der Waals surface area contributed by atoms with Gasteiger partial charge in [-0.1, -0.05) is 6.42 Å². The lowest BCUT2D eigenvalue weighted by Crippen LogP contribution is -2.34. The molecule has 8 heteroatoms. The number of piperidine rings is 1. The third-order valence-electron chi connectivity index (χ3n) is 4.56. The van der Waals surface area contributed by atoms with Crippen molar-refractivity contribution in [2.45, 2.75) is 32.4 Å². The van der Waals surface area contributed by atoms with Gasteiger partial charge >= 0.3 is 0 Å². The Labute approximate surface area is 145 Å². The van der Waals surface area contributed by atoms with E-state index in [1.807, 2.05) is 0 Å². The van der Waals surface area contributed by atoms with Crippen molar-refractivity contribution in [1.82, 2.24) is 14.5 Å².